The first-order valence-corrected chi connectivity index (χ1v) is 9.41. The first-order chi connectivity index (χ1) is 12.6. The van der Waals surface area contributed by atoms with Gasteiger partial charge in [-0.2, -0.15) is 0 Å². The minimum absolute atomic E-state index is 0.0746. The molecule has 27 heavy (non-hydrogen) atoms. The molecule has 0 radical (unpaired) electrons. The predicted octanol–water partition coefficient (Wildman–Crippen LogP) is 4.44. The molecule has 0 aliphatic carbocycles. The Morgan fingerprint density at radius 3 is 2.07 bits per heavy atom. The van der Waals surface area contributed by atoms with Gasteiger partial charge >= 0.3 is 0 Å². The molecule has 0 aliphatic heterocycles. The first kappa shape index (κ1) is 21.6. The van der Waals surface area contributed by atoms with E-state index in [1.165, 1.54) is 0 Å². The molecular weight excluding hydrogens is 340 g/mol. The zero-order valence-electron chi connectivity index (χ0n) is 17.0. The van der Waals surface area contributed by atoms with Gasteiger partial charge in [0.2, 0.25) is 0 Å². The Balaban J connectivity index is 1.79. The van der Waals surface area contributed by atoms with Crippen molar-refractivity contribution in [3.05, 3.63) is 70.8 Å². The third kappa shape index (κ3) is 6.74. The average molecular weight is 373 g/mol. The lowest BCUT2D eigenvalue weighted by Gasteiger charge is -2.20. The normalized spacial score (nSPS) is 13.6. The maximum Gasteiger partial charge on any atom is 0.0840 e. The molecule has 0 fully saturated rings. The Morgan fingerprint density at radius 2 is 1.44 bits per heavy atom. The fourth-order valence-corrected chi connectivity index (χ4v) is 2.78. The zero-order chi connectivity index (χ0) is 20.1. The topological polar surface area (TPSA) is 58.9 Å². The molecule has 0 saturated carbocycles. The van der Waals surface area contributed by atoms with Gasteiger partial charge in [0.05, 0.1) is 37.1 Å². The minimum atomic E-state index is -0.865. The lowest BCUT2D eigenvalue weighted by molar-refractivity contribution is 0.00627. The maximum atomic E-state index is 10.1. The third-order valence-corrected chi connectivity index (χ3v) is 4.56. The monoisotopic (exact) mass is 372 g/mol. The van der Waals surface area contributed by atoms with Gasteiger partial charge in [-0.05, 0) is 56.9 Å². The van der Waals surface area contributed by atoms with Crippen LogP contribution in [-0.4, -0.2) is 23.4 Å². The number of benzene rings is 2. The Morgan fingerprint density at radius 1 is 0.852 bits per heavy atom. The van der Waals surface area contributed by atoms with Crippen LogP contribution in [0.5, 0.6) is 0 Å². The summed E-state index contributed by atoms with van der Waals surface area (Å²) in [5.74, 6) is 0. The fourth-order valence-electron chi connectivity index (χ4n) is 2.78. The van der Waals surface area contributed by atoms with Crippen molar-refractivity contribution < 1.29 is 19.7 Å². The quantitative estimate of drug-likeness (QED) is 0.639. The van der Waals surface area contributed by atoms with Gasteiger partial charge in [-0.3, -0.25) is 0 Å². The molecule has 0 aromatic heterocycles. The molecule has 0 amide bonds. The summed E-state index contributed by atoms with van der Waals surface area (Å²) in [5.41, 5.74) is 2.09. The van der Waals surface area contributed by atoms with Gasteiger partial charge in [0.1, 0.15) is 0 Å². The highest BCUT2D eigenvalue weighted by Gasteiger charge is 2.17. The Bertz CT molecular complexity index is 726. The summed E-state index contributed by atoms with van der Waals surface area (Å²) in [6, 6.07) is 15.6. The van der Waals surface area contributed by atoms with E-state index in [0.717, 1.165) is 22.3 Å². The van der Waals surface area contributed by atoms with Crippen molar-refractivity contribution in [1.82, 2.24) is 0 Å². The van der Waals surface area contributed by atoms with E-state index in [9.17, 15) is 10.2 Å². The fraction of sp³-hybridized carbons (Fsp3) is 0.478. The molecule has 4 nitrogen and oxygen atoms in total. The number of ether oxygens (including phenoxy) is 2. The van der Waals surface area contributed by atoms with Crippen molar-refractivity contribution in [2.24, 2.45) is 0 Å². The summed E-state index contributed by atoms with van der Waals surface area (Å²) < 4.78 is 11.6. The molecule has 2 aromatic rings. The van der Waals surface area contributed by atoms with Gasteiger partial charge in [-0.1, -0.05) is 48.5 Å². The molecule has 2 rings (SSSR count). The Kier molecular flexibility index (Phi) is 7.18. The van der Waals surface area contributed by atoms with E-state index in [4.69, 9.17) is 9.47 Å². The van der Waals surface area contributed by atoms with Crippen LogP contribution in [0.15, 0.2) is 48.5 Å². The van der Waals surface area contributed by atoms with Crippen LogP contribution in [0.2, 0.25) is 0 Å². The van der Waals surface area contributed by atoms with Crippen LogP contribution in [0, 0.1) is 0 Å². The van der Waals surface area contributed by atoms with Gasteiger partial charge in [-0.15, -0.1) is 0 Å². The summed E-state index contributed by atoms with van der Waals surface area (Å²) in [6.07, 6.45) is -0.0746. The van der Waals surface area contributed by atoms with Gasteiger partial charge in [0.15, 0.2) is 0 Å². The summed E-state index contributed by atoms with van der Waals surface area (Å²) in [7, 11) is 0. The van der Waals surface area contributed by atoms with Crippen LogP contribution in [-0.2, 0) is 27.3 Å². The summed E-state index contributed by atoms with van der Waals surface area (Å²) in [4.78, 5) is 0. The Hall–Kier alpha value is -1.72. The molecule has 0 aliphatic rings. The largest absolute Gasteiger partial charge is 0.386 e. The second-order valence-electron chi connectivity index (χ2n) is 8.01. The molecule has 2 aromatic carbocycles. The summed E-state index contributed by atoms with van der Waals surface area (Å²) in [5, 5.41) is 20.2. The molecule has 1 atom stereocenters. The predicted molar refractivity (Wildman–Crippen MR) is 107 cm³/mol. The second kappa shape index (κ2) is 8.98. The van der Waals surface area contributed by atoms with Crippen molar-refractivity contribution >= 4 is 0 Å². The van der Waals surface area contributed by atoms with Crippen molar-refractivity contribution in [1.29, 1.82) is 0 Å². The van der Waals surface area contributed by atoms with Crippen molar-refractivity contribution in [2.75, 3.05) is 13.2 Å². The van der Waals surface area contributed by atoms with E-state index in [1.54, 1.807) is 27.7 Å². The lowest BCUT2D eigenvalue weighted by Crippen LogP contribution is -2.16. The maximum absolute atomic E-state index is 10.1. The van der Waals surface area contributed by atoms with E-state index >= 15 is 0 Å². The molecule has 148 valence electrons. The highest BCUT2D eigenvalue weighted by molar-refractivity contribution is 5.29. The number of hydrogen-bond acceptors (Lipinski definition) is 4. The lowest BCUT2D eigenvalue weighted by atomic mass is 9.95. The van der Waals surface area contributed by atoms with Crippen LogP contribution < -0.4 is 0 Å². The molecule has 0 spiro atoms. The molecular formula is C23H32O4. The van der Waals surface area contributed by atoms with E-state index in [1.807, 2.05) is 55.5 Å². The van der Waals surface area contributed by atoms with Crippen LogP contribution in [0.4, 0.5) is 0 Å². The zero-order valence-corrected chi connectivity index (χ0v) is 17.0. The van der Waals surface area contributed by atoms with E-state index in [-0.39, 0.29) is 6.10 Å². The number of rotatable bonds is 9. The first-order valence-electron chi connectivity index (χ1n) is 9.41. The molecule has 1 unspecified atom stereocenters. The minimum Gasteiger partial charge on any atom is -0.386 e. The van der Waals surface area contributed by atoms with Gasteiger partial charge < -0.3 is 19.7 Å². The van der Waals surface area contributed by atoms with Gasteiger partial charge in [0.25, 0.3) is 0 Å². The number of aliphatic hydroxyl groups is 2. The smallest absolute Gasteiger partial charge is 0.0840 e. The molecule has 4 heteroatoms. The molecule has 0 saturated heterocycles. The van der Waals surface area contributed by atoms with E-state index < -0.39 is 11.2 Å². The average Bonchev–Trinajstić information content (AvgIpc) is 2.60. The second-order valence-corrected chi connectivity index (χ2v) is 8.01. The van der Waals surface area contributed by atoms with Crippen molar-refractivity contribution in [3.8, 4) is 0 Å². The van der Waals surface area contributed by atoms with Crippen molar-refractivity contribution in [3.63, 3.8) is 0 Å². The van der Waals surface area contributed by atoms with Crippen molar-refractivity contribution in [2.45, 2.75) is 58.5 Å². The van der Waals surface area contributed by atoms with E-state index in [0.29, 0.717) is 19.8 Å². The van der Waals surface area contributed by atoms with Gasteiger partial charge in [0, 0.05) is 0 Å². The van der Waals surface area contributed by atoms with Crippen LogP contribution in [0.1, 0.15) is 63.0 Å². The van der Waals surface area contributed by atoms with E-state index in [2.05, 4.69) is 0 Å². The standard InChI is InChI=1S/C23H32O4/c1-17(19-9-7-11-21(15-19)23(4,5)25)27-13-12-26-16-18-8-6-10-20(14-18)22(2,3)24/h6-11,14-15,17,24-25H,12-13,16H2,1-5H3. The van der Waals surface area contributed by atoms with Crippen LogP contribution in [0.3, 0.4) is 0 Å². The van der Waals surface area contributed by atoms with Crippen LogP contribution in [0.25, 0.3) is 0 Å². The van der Waals surface area contributed by atoms with Gasteiger partial charge in [-0.25, -0.2) is 0 Å². The third-order valence-electron chi connectivity index (χ3n) is 4.56. The highest BCUT2D eigenvalue weighted by Crippen LogP contribution is 2.25. The molecule has 0 bridgehead atoms. The molecule has 2 N–H and O–H groups in total. The number of hydrogen-bond donors (Lipinski definition) is 2. The summed E-state index contributed by atoms with van der Waals surface area (Å²) >= 11 is 0. The highest BCUT2D eigenvalue weighted by atomic mass is 16.5. The van der Waals surface area contributed by atoms with Crippen LogP contribution >= 0.6 is 0 Å². The SMILES string of the molecule is CC(OCCOCc1cccc(C(C)(C)O)c1)c1cccc(C(C)(C)O)c1. The Labute approximate surface area is 162 Å². The molecule has 0 heterocycles. The summed E-state index contributed by atoms with van der Waals surface area (Å²) in [6.45, 7) is 10.6.